The van der Waals surface area contributed by atoms with Gasteiger partial charge in [0.25, 0.3) is 0 Å². The Morgan fingerprint density at radius 3 is 2.33 bits per heavy atom. The van der Waals surface area contributed by atoms with Gasteiger partial charge in [0.15, 0.2) is 0 Å². The number of amides is 1. The predicted molar refractivity (Wildman–Crippen MR) is 60.5 cm³/mol. The van der Waals surface area contributed by atoms with Gasteiger partial charge in [0.2, 0.25) is 5.91 Å². The quantitative estimate of drug-likeness (QED) is 0.751. The first-order valence-corrected chi connectivity index (χ1v) is 5.94. The topological polar surface area (TPSA) is 49.3 Å². The normalized spacial score (nSPS) is 27.5. The zero-order chi connectivity index (χ0) is 11.5. The summed E-state index contributed by atoms with van der Waals surface area (Å²) in [5.74, 6) is 0.145. The van der Waals surface area contributed by atoms with Gasteiger partial charge in [-0.2, -0.15) is 0 Å². The lowest BCUT2D eigenvalue weighted by Crippen LogP contribution is -2.44. The van der Waals surface area contributed by atoms with E-state index in [1.54, 1.807) is 0 Å². The summed E-state index contributed by atoms with van der Waals surface area (Å²) < 4.78 is 0. The van der Waals surface area contributed by atoms with Crippen LogP contribution in [0.25, 0.3) is 0 Å². The van der Waals surface area contributed by atoms with E-state index in [2.05, 4.69) is 5.32 Å². The van der Waals surface area contributed by atoms with Crippen molar-refractivity contribution in [1.29, 1.82) is 0 Å². The molecule has 1 saturated carbocycles. The SMILES string of the molecule is CCC(C)(C)C(=O)NC1CCC(O)CC1. The monoisotopic (exact) mass is 213 g/mol. The Labute approximate surface area is 92.3 Å². The third-order valence-electron chi connectivity index (χ3n) is 3.53. The molecule has 1 aliphatic carbocycles. The van der Waals surface area contributed by atoms with Crippen LogP contribution in [0.1, 0.15) is 52.9 Å². The molecule has 0 heterocycles. The molecule has 0 saturated heterocycles. The Morgan fingerprint density at radius 2 is 1.87 bits per heavy atom. The summed E-state index contributed by atoms with van der Waals surface area (Å²) in [5.41, 5.74) is -0.268. The average molecular weight is 213 g/mol. The summed E-state index contributed by atoms with van der Waals surface area (Å²) in [6.07, 6.45) is 4.15. The minimum atomic E-state index is -0.268. The van der Waals surface area contributed by atoms with Crippen LogP contribution in [0, 0.1) is 5.41 Å². The average Bonchev–Trinajstić information content (AvgIpc) is 2.21. The highest BCUT2D eigenvalue weighted by molar-refractivity contribution is 5.81. The van der Waals surface area contributed by atoms with E-state index in [1.165, 1.54) is 0 Å². The van der Waals surface area contributed by atoms with Gasteiger partial charge < -0.3 is 10.4 Å². The van der Waals surface area contributed by atoms with E-state index in [4.69, 9.17) is 0 Å². The van der Waals surface area contributed by atoms with E-state index < -0.39 is 0 Å². The van der Waals surface area contributed by atoms with Crippen LogP contribution >= 0.6 is 0 Å². The van der Waals surface area contributed by atoms with E-state index in [9.17, 15) is 9.90 Å². The zero-order valence-corrected chi connectivity index (χ0v) is 10.0. The molecule has 88 valence electrons. The highest BCUT2D eigenvalue weighted by atomic mass is 16.3. The van der Waals surface area contributed by atoms with Crippen molar-refractivity contribution in [1.82, 2.24) is 5.32 Å². The van der Waals surface area contributed by atoms with Crippen LogP contribution in [0.2, 0.25) is 0 Å². The molecule has 15 heavy (non-hydrogen) atoms. The van der Waals surface area contributed by atoms with Gasteiger partial charge in [-0.15, -0.1) is 0 Å². The second-order valence-corrected chi connectivity index (χ2v) is 5.22. The van der Waals surface area contributed by atoms with Gasteiger partial charge in [0, 0.05) is 11.5 Å². The number of carbonyl (C=O) groups excluding carboxylic acids is 1. The maximum Gasteiger partial charge on any atom is 0.225 e. The molecule has 1 aliphatic rings. The zero-order valence-electron chi connectivity index (χ0n) is 10.0. The fourth-order valence-corrected chi connectivity index (χ4v) is 1.76. The summed E-state index contributed by atoms with van der Waals surface area (Å²) in [5, 5.41) is 12.4. The highest BCUT2D eigenvalue weighted by Crippen LogP contribution is 2.23. The van der Waals surface area contributed by atoms with Gasteiger partial charge in [0.05, 0.1) is 6.10 Å². The number of hydrogen-bond acceptors (Lipinski definition) is 2. The summed E-state index contributed by atoms with van der Waals surface area (Å²) >= 11 is 0. The van der Waals surface area contributed by atoms with Gasteiger partial charge >= 0.3 is 0 Å². The lowest BCUT2D eigenvalue weighted by atomic mass is 9.87. The van der Waals surface area contributed by atoms with Gasteiger partial charge in [-0.05, 0) is 32.1 Å². The van der Waals surface area contributed by atoms with Crippen molar-refractivity contribution in [2.45, 2.75) is 65.0 Å². The Hall–Kier alpha value is -0.570. The molecule has 0 aromatic heterocycles. The largest absolute Gasteiger partial charge is 0.393 e. The smallest absolute Gasteiger partial charge is 0.225 e. The maximum atomic E-state index is 11.9. The van der Waals surface area contributed by atoms with Crippen molar-refractivity contribution in [2.75, 3.05) is 0 Å². The van der Waals surface area contributed by atoms with Gasteiger partial charge in [-0.3, -0.25) is 4.79 Å². The molecule has 1 fully saturated rings. The van der Waals surface area contributed by atoms with Crippen LogP contribution in [0.3, 0.4) is 0 Å². The summed E-state index contributed by atoms with van der Waals surface area (Å²) in [6.45, 7) is 5.98. The Bertz CT molecular complexity index is 218. The fourth-order valence-electron chi connectivity index (χ4n) is 1.76. The number of aliphatic hydroxyl groups is 1. The Kier molecular flexibility index (Phi) is 4.14. The van der Waals surface area contributed by atoms with Crippen LogP contribution in [0.4, 0.5) is 0 Å². The van der Waals surface area contributed by atoms with Gasteiger partial charge in [0.1, 0.15) is 0 Å². The van der Waals surface area contributed by atoms with Crippen LogP contribution in [0.15, 0.2) is 0 Å². The molecule has 0 radical (unpaired) electrons. The molecule has 0 aromatic carbocycles. The first-order chi connectivity index (χ1) is 6.95. The molecule has 3 nitrogen and oxygen atoms in total. The third-order valence-corrected chi connectivity index (χ3v) is 3.53. The number of rotatable bonds is 3. The fraction of sp³-hybridized carbons (Fsp3) is 0.917. The number of nitrogens with one attached hydrogen (secondary N) is 1. The van der Waals surface area contributed by atoms with E-state index in [0.717, 1.165) is 32.1 Å². The second kappa shape index (κ2) is 4.97. The minimum Gasteiger partial charge on any atom is -0.393 e. The van der Waals surface area contributed by atoms with Crippen molar-refractivity contribution in [3.05, 3.63) is 0 Å². The number of aliphatic hydroxyl groups excluding tert-OH is 1. The van der Waals surface area contributed by atoms with Crippen molar-refractivity contribution >= 4 is 5.91 Å². The summed E-state index contributed by atoms with van der Waals surface area (Å²) in [4.78, 5) is 11.9. The van der Waals surface area contributed by atoms with Gasteiger partial charge in [-0.1, -0.05) is 20.8 Å². The molecule has 3 heteroatoms. The molecule has 0 unspecified atom stereocenters. The second-order valence-electron chi connectivity index (χ2n) is 5.22. The standard InChI is InChI=1S/C12H23NO2/c1-4-12(2,3)11(15)13-9-5-7-10(14)8-6-9/h9-10,14H,4-8H2,1-3H3,(H,13,15). The van der Waals surface area contributed by atoms with Crippen molar-refractivity contribution < 1.29 is 9.90 Å². The van der Waals surface area contributed by atoms with Gasteiger partial charge in [-0.25, -0.2) is 0 Å². The van der Waals surface area contributed by atoms with Crippen LogP contribution in [-0.4, -0.2) is 23.2 Å². The van der Waals surface area contributed by atoms with Crippen LogP contribution < -0.4 is 5.32 Å². The lowest BCUT2D eigenvalue weighted by molar-refractivity contribution is -0.130. The van der Waals surface area contributed by atoms with Crippen molar-refractivity contribution in [3.63, 3.8) is 0 Å². The Morgan fingerprint density at radius 1 is 1.33 bits per heavy atom. The van der Waals surface area contributed by atoms with E-state index >= 15 is 0 Å². The number of carbonyl (C=O) groups is 1. The first-order valence-electron chi connectivity index (χ1n) is 5.94. The summed E-state index contributed by atoms with van der Waals surface area (Å²) in [7, 11) is 0. The minimum absolute atomic E-state index is 0.145. The third kappa shape index (κ3) is 3.49. The van der Waals surface area contributed by atoms with Crippen LogP contribution in [-0.2, 0) is 4.79 Å². The van der Waals surface area contributed by atoms with Crippen molar-refractivity contribution in [3.8, 4) is 0 Å². The van der Waals surface area contributed by atoms with E-state index in [-0.39, 0.29) is 23.5 Å². The maximum absolute atomic E-state index is 11.9. The molecule has 0 aliphatic heterocycles. The molecule has 1 rings (SSSR count). The van der Waals surface area contributed by atoms with Crippen molar-refractivity contribution in [2.24, 2.45) is 5.41 Å². The summed E-state index contributed by atoms with van der Waals surface area (Å²) in [6, 6.07) is 0.270. The molecule has 0 spiro atoms. The molecular weight excluding hydrogens is 190 g/mol. The van der Waals surface area contributed by atoms with E-state index in [0.29, 0.717) is 0 Å². The number of hydrogen-bond donors (Lipinski definition) is 2. The molecule has 0 atom stereocenters. The van der Waals surface area contributed by atoms with E-state index in [1.807, 2.05) is 20.8 Å². The van der Waals surface area contributed by atoms with Crippen LogP contribution in [0.5, 0.6) is 0 Å². The molecule has 1 amide bonds. The molecule has 2 N–H and O–H groups in total. The molecule has 0 bridgehead atoms. The molecular formula is C12H23NO2. The molecule has 0 aromatic rings. The first kappa shape index (κ1) is 12.5. The highest BCUT2D eigenvalue weighted by Gasteiger charge is 2.28. The Balaban J connectivity index is 2.39. The predicted octanol–water partition coefficient (Wildman–Crippen LogP) is 1.84. The lowest BCUT2D eigenvalue weighted by Gasteiger charge is -2.30.